The monoisotopic (exact) mass is 511 g/mol. The summed E-state index contributed by atoms with van der Waals surface area (Å²) in [5, 5.41) is 17.2. The molecule has 2 aliphatic carbocycles. The molecule has 3 N–H and O–H groups in total. The minimum Gasteiger partial charge on any atom is -0.489 e. The van der Waals surface area contributed by atoms with Crippen LogP contribution in [0.3, 0.4) is 0 Å². The number of benzene rings is 2. The number of hydrogen-bond acceptors (Lipinski definition) is 7. The summed E-state index contributed by atoms with van der Waals surface area (Å²) in [6.07, 6.45) is 6.66. The Hall–Kier alpha value is -4.34. The molecule has 0 radical (unpaired) electrons. The molecule has 1 amide bonds. The van der Waals surface area contributed by atoms with Gasteiger partial charge in [-0.3, -0.25) is 9.59 Å². The minimum absolute atomic E-state index is 0.152. The maximum atomic E-state index is 13.5. The summed E-state index contributed by atoms with van der Waals surface area (Å²) in [7, 11) is 0. The number of nitrogens with one attached hydrogen (secondary N) is 3. The van der Waals surface area contributed by atoms with Crippen LogP contribution in [-0.2, 0) is 12.1 Å². The van der Waals surface area contributed by atoms with Crippen LogP contribution in [0.5, 0.6) is 5.75 Å². The molecule has 2 saturated carbocycles. The molecule has 10 heteroatoms. The molecule has 2 aromatic heterocycles. The smallest absolute Gasteiger partial charge is 0.252 e. The van der Waals surface area contributed by atoms with Crippen LogP contribution in [0.4, 0.5) is 0 Å². The molecular formula is C28H29N7O3. The fourth-order valence-corrected chi connectivity index (χ4v) is 5.11. The highest BCUT2D eigenvalue weighted by atomic mass is 16.5. The molecule has 2 heterocycles. The van der Waals surface area contributed by atoms with Gasteiger partial charge in [-0.2, -0.15) is 5.21 Å². The Morgan fingerprint density at radius 3 is 2.61 bits per heavy atom. The summed E-state index contributed by atoms with van der Waals surface area (Å²) >= 11 is 0. The van der Waals surface area contributed by atoms with Gasteiger partial charge in [0.1, 0.15) is 18.2 Å². The Morgan fingerprint density at radius 1 is 1.05 bits per heavy atom. The van der Waals surface area contributed by atoms with Gasteiger partial charge in [-0.1, -0.05) is 31.4 Å². The predicted octanol–water partition coefficient (Wildman–Crippen LogP) is 4.00. The zero-order chi connectivity index (χ0) is 26.0. The third kappa shape index (κ3) is 5.20. The lowest BCUT2D eigenvalue weighted by Gasteiger charge is -2.37. The van der Waals surface area contributed by atoms with Crippen molar-refractivity contribution >= 4 is 5.91 Å². The second-order valence-corrected chi connectivity index (χ2v) is 10.1. The lowest BCUT2D eigenvalue weighted by molar-refractivity contribution is 0.0857. The van der Waals surface area contributed by atoms with E-state index < -0.39 is 5.54 Å². The van der Waals surface area contributed by atoms with E-state index in [9.17, 15) is 9.59 Å². The van der Waals surface area contributed by atoms with E-state index in [1.54, 1.807) is 12.1 Å². The molecule has 0 aliphatic heterocycles. The van der Waals surface area contributed by atoms with Gasteiger partial charge in [0.25, 0.3) is 11.5 Å². The van der Waals surface area contributed by atoms with Crippen molar-refractivity contribution in [3.8, 4) is 17.1 Å². The zero-order valence-corrected chi connectivity index (χ0v) is 20.9. The number of H-pyrrole nitrogens is 2. The van der Waals surface area contributed by atoms with E-state index in [0.29, 0.717) is 35.5 Å². The topological polar surface area (TPSA) is 139 Å². The van der Waals surface area contributed by atoms with E-state index in [4.69, 9.17) is 9.72 Å². The Balaban J connectivity index is 1.17. The van der Waals surface area contributed by atoms with Crippen LogP contribution in [0.15, 0.2) is 59.4 Å². The molecule has 2 aliphatic rings. The summed E-state index contributed by atoms with van der Waals surface area (Å²) in [5.74, 6) is 1.98. The van der Waals surface area contributed by atoms with E-state index in [1.807, 2.05) is 42.5 Å². The number of aromatic nitrogens is 6. The number of carbonyl (C=O) groups is 1. The molecule has 0 saturated heterocycles. The molecule has 0 unspecified atom stereocenters. The van der Waals surface area contributed by atoms with Crippen molar-refractivity contribution in [2.75, 3.05) is 0 Å². The van der Waals surface area contributed by atoms with Crippen molar-refractivity contribution in [1.82, 2.24) is 35.9 Å². The quantitative estimate of drug-likeness (QED) is 0.325. The number of rotatable bonds is 8. The molecule has 38 heavy (non-hydrogen) atoms. The normalized spacial score (nSPS) is 16.6. The maximum absolute atomic E-state index is 13.5. The van der Waals surface area contributed by atoms with Crippen molar-refractivity contribution in [3.63, 3.8) is 0 Å². The van der Waals surface area contributed by atoms with Crippen LogP contribution >= 0.6 is 0 Å². The fourth-order valence-electron chi connectivity index (χ4n) is 5.11. The summed E-state index contributed by atoms with van der Waals surface area (Å²) in [6.45, 7) is 0.312. The molecule has 0 bridgehead atoms. The summed E-state index contributed by atoms with van der Waals surface area (Å²) in [4.78, 5) is 33.7. The van der Waals surface area contributed by atoms with Gasteiger partial charge in [-0.05, 0) is 72.9 Å². The highest BCUT2D eigenvalue weighted by Crippen LogP contribution is 2.40. The molecule has 10 nitrogen and oxygen atoms in total. The number of amides is 1. The summed E-state index contributed by atoms with van der Waals surface area (Å²) in [5.41, 5.74) is 2.27. The third-order valence-electron chi connectivity index (χ3n) is 7.32. The Bertz CT molecular complexity index is 1470. The molecule has 2 fully saturated rings. The van der Waals surface area contributed by atoms with Gasteiger partial charge in [-0.25, -0.2) is 4.98 Å². The van der Waals surface area contributed by atoms with Gasteiger partial charge in [0.15, 0.2) is 0 Å². The maximum Gasteiger partial charge on any atom is 0.252 e. The number of ether oxygens (including phenoxy) is 1. The molecule has 4 aromatic rings. The highest BCUT2D eigenvalue weighted by molar-refractivity contribution is 5.94. The van der Waals surface area contributed by atoms with Crippen molar-refractivity contribution in [2.45, 2.75) is 63.0 Å². The Morgan fingerprint density at radius 2 is 1.87 bits per heavy atom. The summed E-state index contributed by atoms with van der Waals surface area (Å²) in [6, 6.07) is 16.4. The second-order valence-electron chi connectivity index (χ2n) is 10.1. The fraction of sp³-hybridized carbons (Fsp3) is 0.357. The predicted molar refractivity (Wildman–Crippen MR) is 139 cm³/mol. The van der Waals surface area contributed by atoms with E-state index in [2.05, 4.69) is 30.9 Å². The summed E-state index contributed by atoms with van der Waals surface area (Å²) < 4.78 is 5.95. The highest BCUT2D eigenvalue weighted by Gasteiger charge is 2.39. The first-order valence-electron chi connectivity index (χ1n) is 13.1. The average molecular weight is 512 g/mol. The van der Waals surface area contributed by atoms with Gasteiger partial charge < -0.3 is 15.0 Å². The van der Waals surface area contributed by atoms with Crippen LogP contribution in [0.2, 0.25) is 0 Å². The minimum atomic E-state index is -0.674. The number of hydrogen-bond donors (Lipinski definition) is 3. The first-order chi connectivity index (χ1) is 18.6. The van der Waals surface area contributed by atoms with Crippen molar-refractivity contribution in [3.05, 3.63) is 87.6 Å². The van der Waals surface area contributed by atoms with Crippen LogP contribution in [0.25, 0.3) is 11.4 Å². The van der Waals surface area contributed by atoms with E-state index in [-0.39, 0.29) is 11.5 Å². The molecular weight excluding hydrogens is 482 g/mol. The lowest BCUT2D eigenvalue weighted by atomic mass is 9.80. The van der Waals surface area contributed by atoms with Gasteiger partial charge in [-0.15, -0.1) is 10.2 Å². The van der Waals surface area contributed by atoms with Crippen molar-refractivity contribution in [2.24, 2.45) is 0 Å². The first-order valence-corrected chi connectivity index (χ1v) is 13.1. The van der Waals surface area contributed by atoms with Crippen LogP contribution in [-0.4, -0.2) is 36.5 Å². The van der Waals surface area contributed by atoms with E-state index in [1.165, 1.54) is 0 Å². The lowest BCUT2D eigenvalue weighted by Crippen LogP contribution is -2.49. The molecule has 194 valence electrons. The molecule has 6 rings (SSSR count). The van der Waals surface area contributed by atoms with Crippen LogP contribution in [0, 0.1) is 0 Å². The average Bonchev–Trinajstić information content (AvgIpc) is 3.66. The zero-order valence-electron chi connectivity index (χ0n) is 20.9. The van der Waals surface area contributed by atoms with Crippen LogP contribution in [0.1, 0.15) is 78.3 Å². The number of nitrogens with zero attached hydrogens (tertiary/aromatic N) is 4. The van der Waals surface area contributed by atoms with Crippen molar-refractivity contribution in [1.29, 1.82) is 0 Å². The van der Waals surface area contributed by atoms with Crippen molar-refractivity contribution < 1.29 is 9.53 Å². The SMILES string of the molecule is O=C(NC1(c2nc(C3CC3)cc(=O)[nH]2)CCCCC1)c1cccc(COc2ccc(-c3nn[nH]n3)cc2)c1. The Labute approximate surface area is 219 Å². The van der Waals surface area contributed by atoms with Gasteiger partial charge in [0, 0.05) is 23.1 Å². The standard InChI is InChI=1S/C28H29N7O3/c36-24-16-23(19-7-8-19)29-27(30-24)28(13-2-1-3-14-28)31-26(37)21-6-4-5-18(15-21)17-38-22-11-9-20(10-12-22)25-32-34-35-33-25/h4-6,9-12,15-16,19H,1-3,7-8,13-14,17H2,(H,31,37)(H,29,30,36)(H,32,33,34,35). The largest absolute Gasteiger partial charge is 0.489 e. The third-order valence-corrected chi connectivity index (χ3v) is 7.32. The molecule has 0 atom stereocenters. The van der Waals surface area contributed by atoms with Gasteiger partial charge >= 0.3 is 0 Å². The van der Waals surface area contributed by atoms with E-state index >= 15 is 0 Å². The number of tetrazole rings is 1. The number of carbonyl (C=O) groups excluding carboxylic acids is 1. The molecule has 0 spiro atoms. The second kappa shape index (κ2) is 10.2. The van der Waals surface area contributed by atoms with Gasteiger partial charge in [0.05, 0.1) is 11.2 Å². The first kappa shape index (κ1) is 24.0. The Kier molecular flexibility index (Phi) is 6.45. The van der Waals surface area contributed by atoms with Crippen LogP contribution < -0.4 is 15.6 Å². The van der Waals surface area contributed by atoms with E-state index in [0.717, 1.165) is 61.8 Å². The van der Waals surface area contributed by atoms with Gasteiger partial charge in [0.2, 0.25) is 5.82 Å². The molecule has 2 aromatic carbocycles. The number of aromatic amines is 2.